The molecule has 0 aromatic heterocycles. The van der Waals surface area contributed by atoms with Crippen molar-refractivity contribution in [3.63, 3.8) is 0 Å². The molecule has 1 rings (SSSR count). The van der Waals surface area contributed by atoms with Gasteiger partial charge in [0, 0.05) is 0 Å². The molecule has 84 valence electrons. The average Bonchev–Trinajstić information content (AvgIpc) is 2.29. The molecule has 15 heavy (non-hydrogen) atoms. The van der Waals surface area contributed by atoms with Crippen molar-refractivity contribution in [3.8, 4) is 5.75 Å². The predicted octanol–water partition coefficient (Wildman–Crippen LogP) is 4.38. The number of aryl methyl sites for hydroxylation is 1. The van der Waals surface area contributed by atoms with Gasteiger partial charge >= 0.3 is 0 Å². The Hall–Kier alpha value is -0.763. The first-order chi connectivity index (χ1) is 7.15. The van der Waals surface area contributed by atoms with E-state index in [-0.39, 0.29) is 0 Å². The van der Waals surface area contributed by atoms with Crippen LogP contribution in [0, 0.1) is 6.92 Å². The zero-order valence-electron chi connectivity index (χ0n) is 10.3. The molecule has 0 unspecified atom stereocenters. The average molecular weight is 222 g/mol. The van der Waals surface area contributed by atoms with Gasteiger partial charge in [-0.1, -0.05) is 38.5 Å². The predicted molar refractivity (Wildman–Crippen MR) is 69.0 cm³/mol. The summed E-state index contributed by atoms with van der Waals surface area (Å²) in [4.78, 5) is 0. The molecule has 0 amide bonds. The quantitative estimate of drug-likeness (QED) is 0.672. The molecule has 2 heteroatoms. The minimum atomic E-state index is -1.48. The second-order valence-corrected chi connectivity index (χ2v) is 8.85. The van der Waals surface area contributed by atoms with E-state index in [2.05, 4.69) is 52.0 Å². The van der Waals surface area contributed by atoms with E-state index in [1.807, 2.05) is 0 Å². The van der Waals surface area contributed by atoms with Gasteiger partial charge in [-0.05, 0) is 37.2 Å². The van der Waals surface area contributed by atoms with Crippen molar-refractivity contribution < 1.29 is 4.43 Å². The van der Waals surface area contributed by atoms with Gasteiger partial charge in [0.2, 0.25) is 8.32 Å². The highest BCUT2D eigenvalue weighted by Crippen LogP contribution is 2.25. The highest BCUT2D eigenvalue weighted by atomic mass is 28.4. The summed E-state index contributed by atoms with van der Waals surface area (Å²) in [5, 5.41) is 0. The van der Waals surface area contributed by atoms with E-state index in [0.29, 0.717) is 0 Å². The zero-order valence-corrected chi connectivity index (χ0v) is 11.3. The third-order valence-corrected chi connectivity index (χ3v) is 7.82. The fourth-order valence-corrected chi connectivity index (χ4v) is 4.39. The summed E-state index contributed by atoms with van der Waals surface area (Å²) >= 11 is 0. The lowest BCUT2D eigenvalue weighted by molar-refractivity contribution is 0.532. The number of hydrogen-bond acceptors (Lipinski definition) is 1. The third kappa shape index (κ3) is 3.10. The van der Waals surface area contributed by atoms with Crippen molar-refractivity contribution in [1.82, 2.24) is 0 Å². The fraction of sp³-hybridized carbons (Fsp3) is 0.538. The Labute approximate surface area is 94.6 Å². The topological polar surface area (TPSA) is 9.23 Å². The third-order valence-electron chi connectivity index (χ3n) is 3.29. The molecule has 0 radical (unpaired) electrons. The van der Waals surface area contributed by atoms with E-state index < -0.39 is 8.32 Å². The van der Waals surface area contributed by atoms with Gasteiger partial charge in [0.15, 0.2) is 0 Å². The van der Waals surface area contributed by atoms with E-state index in [4.69, 9.17) is 4.43 Å². The molecule has 0 N–H and O–H groups in total. The SMILES string of the molecule is CC[Si](CC)(CC)Oc1ccc(C)cc1. The molecular weight excluding hydrogens is 200 g/mol. The van der Waals surface area contributed by atoms with Crippen LogP contribution in [0.15, 0.2) is 24.3 Å². The normalized spacial score (nSPS) is 11.5. The Balaban J connectivity index is 2.78. The van der Waals surface area contributed by atoms with Gasteiger partial charge in [0.1, 0.15) is 5.75 Å². The van der Waals surface area contributed by atoms with Crippen LogP contribution < -0.4 is 4.43 Å². The molecule has 0 saturated carbocycles. The van der Waals surface area contributed by atoms with Crippen LogP contribution in [0.25, 0.3) is 0 Å². The van der Waals surface area contributed by atoms with Crippen LogP contribution in [-0.4, -0.2) is 8.32 Å². The lowest BCUT2D eigenvalue weighted by Gasteiger charge is -2.28. The Morgan fingerprint density at radius 3 is 1.80 bits per heavy atom. The van der Waals surface area contributed by atoms with Crippen molar-refractivity contribution in [2.75, 3.05) is 0 Å². The highest BCUT2D eigenvalue weighted by Gasteiger charge is 2.30. The van der Waals surface area contributed by atoms with E-state index in [9.17, 15) is 0 Å². The summed E-state index contributed by atoms with van der Waals surface area (Å²) in [6.07, 6.45) is 0. The first-order valence-electron chi connectivity index (χ1n) is 5.91. The number of rotatable bonds is 5. The molecule has 0 aliphatic rings. The molecule has 0 atom stereocenters. The summed E-state index contributed by atoms with van der Waals surface area (Å²) in [6, 6.07) is 12.0. The molecule has 0 fully saturated rings. The molecule has 1 aromatic carbocycles. The van der Waals surface area contributed by atoms with Gasteiger partial charge in [-0.2, -0.15) is 0 Å². The van der Waals surface area contributed by atoms with Crippen LogP contribution in [0.2, 0.25) is 18.1 Å². The standard InChI is InChI=1S/C13H22OSi/c1-5-15(6-2,7-3)14-13-10-8-12(4)9-11-13/h8-11H,5-7H2,1-4H3. The van der Waals surface area contributed by atoms with Crippen LogP contribution in [0.5, 0.6) is 5.75 Å². The molecule has 1 aromatic rings. The number of benzene rings is 1. The molecule has 0 saturated heterocycles. The Morgan fingerprint density at radius 2 is 1.40 bits per heavy atom. The van der Waals surface area contributed by atoms with Crippen LogP contribution in [0.3, 0.4) is 0 Å². The van der Waals surface area contributed by atoms with E-state index in [1.165, 1.54) is 23.7 Å². The summed E-state index contributed by atoms with van der Waals surface area (Å²) in [7, 11) is -1.48. The molecule has 0 aliphatic carbocycles. The molecular formula is C13H22OSi. The van der Waals surface area contributed by atoms with Gasteiger partial charge < -0.3 is 4.43 Å². The first kappa shape index (κ1) is 12.3. The fourth-order valence-electron chi connectivity index (χ4n) is 1.82. The summed E-state index contributed by atoms with van der Waals surface area (Å²) < 4.78 is 6.24. The summed E-state index contributed by atoms with van der Waals surface area (Å²) in [5.74, 6) is 1.05. The summed E-state index contributed by atoms with van der Waals surface area (Å²) in [6.45, 7) is 8.88. The largest absolute Gasteiger partial charge is 0.544 e. The van der Waals surface area contributed by atoms with Gasteiger partial charge in [-0.15, -0.1) is 0 Å². The van der Waals surface area contributed by atoms with Crippen LogP contribution in [0.1, 0.15) is 26.3 Å². The Kier molecular flexibility index (Phi) is 4.39. The van der Waals surface area contributed by atoms with Crippen molar-refractivity contribution in [3.05, 3.63) is 29.8 Å². The molecule has 0 heterocycles. The van der Waals surface area contributed by atoms with E-state index in [0.717, 1.165) is 5.75 Å². The second-order valence-electron chi connectivity index (χ2n) is 4.16. The zero-order chi connectivity index (χ0) is 11.3. The van der Waals surface area contributed by atoms with Crippen molar-refractivity contribution in [2.45, 2.75) is 45.8 Å². The van der Waals surface area contributed by atoms with Crippen molar-refractivity contribution >= 4 is 8.32 Å². The van der Waals surface area contributed by atoms with Gasteiger partial charge in [0.25, 0.3) is 0 Å². The van der Waals surface area contributed by atoms with E-state index >= 15 is 0 Å². The lowest BCUT2D eigenvalue weighted by Crippen LogP contribution is -2.39. The van der Waals surface area contributed by atoms with Gasteiger partial charge in [-0.3, -0.25) is 0 Å². The van der Waals surface area contributed by atoms with Crippen molar-refractivity contribution in [1.29, 1.82) is 0 Å². The maximum Gasteiger partial charge on any atom is 0.250 e. The first-order valence-corrected chi connectivity index (χ1v) is 8.44. The molecule has 1 nitrogen and oxygen atoms in total. The van der Waals surface area contributed by atoms with E-state index in [1.54, 1.807) is 0 Å². The summed E-state index contributed by atoms with van der Waals surface area (Å²) in [5.41, 5.74) is 1.29. The lowest BCUT2D eigenvalue weighted by atomic mass is 10.2. The number of hydrogen-bond donors (Lipinski definition) is 0. The van der Waals surface area contributed by atoms with Crippen LogP contribution in [-0.2, 0) is 0 Å². The molecule has 0 aliphatic heterocycles. The highest BCUT2D eigenvalue weighted by molar-refractivity contribution is 6.74. The molecule has 0 spiro atoms. The van der Waals surface area contributed by atoms with Crippen LogP contribution >= 0.6 is 0 Å². The smallest absolute Gasteiger partial charge is 0.250 e. The van der Waals surface area contributed by atoms with Crippen LogP contribution in [0.4, 0.5) is 0 Å². The Bertz CT molecular complexity index is 280. The maximum absolute atomic E-state index is 6.24. The second kappa shape index (κ2) is 5.36. The van der Waals surface area contributed by atoms with Crippen molar-refractivity contribution in [2.24, 2.45) is 0 Å². The minimum Gasteiger partial charge on any atom is -0.544 e. The van der Waals surface area contributed by atoms with Gasteiger partial charge in [-0.25, -0.2) is 0 Å². The molecule has 0 bridgehead atoms. The monoisotopic (exact) mass is 222 g/mol. The maximum atomic E-state index is 6.24. The van der Waals surface area contributed by atoms with Gasteiger partial charge in [0.05, 0.1) is 0 Å². The minimum absolute atomic E-state index is 1.05. The Morgan fingerprint density at radius 1 is 0.933 bits per heavy atom.